The minimum absolute atomic E-state index is 0.379. The molecule has 1 saturated heterocycles. The Morgan fingerprint density at radius 1 is 1.36 bits per heavy atom. The fourth-order valence-corrected chi connectivity index (χ4v) is 2.33. The van der Waals surface area contributed by atoms with E-state index in [0.29, 0.717) is 12.2 Å². The molecule has 0 spiro atoms. The molecule has 1 heterocycles. The van der Waals surface area contributed by atoms with Crippen molar-refractivity contribution in [1.82, 2.24) is 5.32 Å². The van der Waals surface area contributed by atoms with Crippen molar-refractivity contribution >= 4 is 0 Å². The molecule has 14 heavy (non-hydrogen) atoms. The number of nitrogens with one attached hydrogen (secondary N) is 1. The summed E-state index contributed by atoms with van der Waals surface area (Å²) in [5.74, 6) is 0.842. The van der Waals surface area contributed by atoms with E-state index in [1.807, 2.05) is 7.05 Å². The first kappa shape index (κ1) is 10.4. The molecule has 0 aromatic heterocycles. The average molecular weight is 199 g/mol. The van der Waals surface area contributed by atoms with Crippen LogP contribution in [-0.4, -0.2) is 39.0 Å². The molecule has 1 unspecified atom stereocenters. The van der Waals surface area contributed by atoms with Gasteiger partial charge in [0.2, 0.25) is 0 Å². The predicted octanol–water partition coefficient (Wildman–Crippen LogP) is 1.18. The van der Waals surface area contributed by atoms with Gasteiger partial charge < -0.3 is 14.8 Å². The van der Waals surface area contributed by atoms with E-state index in [1.54, 1.807) is 0 Å². The van der Waals surface area contributed by atoms with Gasteiger partial charge in [-0.2, -0.15) is 0 Å². The number of hydrogen-bond donors (Lipinski definition) is 1. The Morgan fingerprint density at radius 2 is 2.21 bits per heavy atom. The molecular formula is C11H21NO2. The van der Waals surface area contributed by atoms with Gasteiger partial charge in [-0.15, -0.1) is 0 Å². The molecule has 1 aliphatic carbocycles. The standard InChI is InChI=1S/C11H21NO2/c1-12-7-9-5-11(6-9)14-10-3-2-4-13-8-10/h9-12H,2-8H2,1H3. The highest BCUT2D eigenvalue weighted by Crippen LogP contribution is 2.31. The Labute approximate surface area is 86.2 Å². The van der Waals surface area contributed by atoms with Crippen molar-refractivity contribution in [3.05, 3.63) is 0 Å². The van der Waals surface area contributed by atoms with Crippen LogP contribution >= 0.6 is 0 Å². The summed E-state index contributed by atoms with van der Waals surface area (Å²) >= 11 is 0. The van der Waals surface area contributed by atoms with E-state index >= 15 is 0 Å². The van der Waals surface area contributed by atoms with E-state index in [4.69, 9.17) is 9.47 Å². The van der Waals surface area contributed by atoms with E-state index in [9.17, 15) is 0 Å². The first-order valence-corrected chi connectivity index (χ1v) is 5.76. The Hall–Kier alpha value is -0.120. The van der Waals surface area contributed by atoms with Crippen molar-refractivity contribution in [2.45, 2.75) is 37.9 Å². The third-order valence-corrected chi connectivity index (χ3v) is 3.19. The van der Waals surface area contributed by atoms with Crippen LogP contribution in [0.2, 0.25) is 0 Å². The zero-order chi connectivity index (χ0) is 9.80. The van der Waals surface area contributed by atoms with Crippen molar-refractivity contribution in [3.63, 3.8) is 0 Å². The lowest BCUT2D eigenvalue weighted by molar-refractivity contribution is -0.119. The maximum atomic E-state index is 5.95. The minimum Gasteiger partial charge on any atom is -0.379 e. The summed E-state index contributed by atoms with van der Waals surface area (Å²) in [6, 6.07) is 0. The van der Waals surface area contributed by atoms with Gasteiger partial charge in [-0.1, -0.05) is 0 Å². The monoisotopic (exact) mass is 199 g/mol. The molecule has 0 radical (unpaired) electrons. The molecule has 3 nitrogen and oxygen atoms in total. The zero-order valence-corrected chi connectivity index (χ0v) is 9.00. The lowest BCUT2D eigenvalue weighted by Crippen LogP contribution is -2.40. The second-order valence-corrected chi connectivity index (χ2v) is 4.49. The van der Waals surface area contributed by atoms with Crippen LogP contribution in [0.25, 0.3) is 0 Å². The van der Waals surface area contributed by atoms with Gasteiger partial charge in [0.25, 0.3) is 0 Å². The molecule has 2 fully saturated rings. The minimum atomic E-state index is 0.379. The topological polar surface area (TPSA) is 30.5 Å². The van der Waals surface area contributed by atoms with E-state index in [2.05, 4.69) is 5.32 Å². The molecule has 2 rings (SSSR count). The van der Waals surface area contributed by atoms with E-state index in [1.165, 1.54) is 19.3 Å². The van der Waals surface area contributed by atoms with Crippen LogP contribution in [0.3, 0.4) is 0 Å². The maximum Gasteiger partial charge on any atom is 0.0813 e. The lowest BCUT2D eigenvalue weighted by Gasteiger charge is -2.38. The van der Waals surface area contributed by atoms with Gasteiger partial charge in [0.15, 0.2) is 0 Å². The molecule has 3 heteroatoms. The number of rotatable bonds is 4. The summed E-state index contributed by atoms with van der Waals surface area (Å²) in [4.78, 5) is 0. The van der Waals surface area contributed by atoms with Crippen molar-refractivity contribution in [2.24, 2.45) is 5.92 Å². The van der Waals surface area contributed by atoms with Gasteiger partial charge in [-0.3, -0.25) is 0 Å². The molecule has 1 atom stereocenters. The summed E-state index contributed by atoms with van der Waals surface area (Å²) in [6.45, 7) is 2.88. The van der Waals surface area contributed by atoms with Crippen molar-refractivity contribution in [3.8, 4) is 0 Å². The smallest absolute Gasteiger partial charge is 0.0813 e. The molecule has 1 N–H and O–H groups in total. The van der Waals surface area contributed by atoms with Crippen molar-refractivity contribution in [2.75, 3.05) is 26.8 Å². The highest BCUT2D eigenvalue weighted by atomic mass is 16.5. The largest absolute Gasteiger partial charge is 0.379 e. The Bertz CT molecular complexity index is 163. The Balaban J connectivity index is 1.58. The summed E-state index contributed by atoms with van der Waals surface area (Å²) in [5.41, 5.74) is 0. The normalized spacial score (nSPS) is 37.9. The highest BCUT2D eigenvalue weighted by Gasteiger charge is 2.31. The van der Waals surface area contributed by atoms with Crippen LogP contribution in [0, 0.1) is 5.92 Å². The molecule has 82 valence electrons. The summed E-state index contributed by atoms with van der Waals surface area (Å²) in [7, 11) is 2.02. The van der Waals surface area contributed by atoms with E-state index in [0.717, 1.165) is 32.1 Å². The lowest BCUT2D eigenvalue weighted by atomic mass is 9.82. The van der Waals surface area contributed by atoms with Crippen molar-refractivity contribution in [1.29, 1.82) is 0 Å². The molecule has 0 aromatic carbocycles. The van der Waals surface area contributed by atoms with Gasteiger partial charge in [-0.05, 0) is 45.2 Å². The third-order valence-electron chi connectivity index (χ3n) is 3.19. The van der Waals surface area contributed by atoms with E-state index < -0.39 is 0 Å². The second-order valence-electron chi connectivity index (χ2n) is 4.49. The second kappa shape index (κ2) is 5.10. The predicted molar refractivity (Wildman–Crippen MR) is 55.4 cm³/mol. The van der Waals surface area contributed by atoms with Gasteiger partial charge in [-0.25, -0.2) is 0 Å². The molecular weight excluding hydrogens is 178 g/mol. The first-order chi connectivity index (χ1) is 6.88. The van der Waals surface area contributed by atoms with Crippen LogP contribution in [-0.2, 0) is 9.47 Å². The third kappa shape index (κ3) is 2.69. The van der Waals surface area contributed by atoms with Gasteiger partial charge in [0.1, 0.15) is 0 Å². The van der Waals surface area contributed by atoms with E-state index in [-0.39, 0.29) is 0 Å². The molecule has 0 amide bonds. The first-order valence-electron chi connectivity index (χ1n) is 5.76. The highest BCUT2D eigenvalue weighted by molar-refractivity contribution is 4.82. The van der Waals surface area contributed by atoms with Gasteiger partial charge in [0, 0.05) is 6.61 Å². The SMILES string of the molecule is CNCC1CC(OC2CCCOC2)C1. The van der Waals surface area contributed by atoms with Crippen molar-refractivity contribution < 1.29 is 9.47 Å². The molecule has 0 bridgehead atoms. The number of ether oxygens (including phenoxy) is 2. The average Bonchev–Trinajstić information content (AvgIpc) is 2.16. The van der Waals surface area contributed by atoms with Gasteiger partial charge in [0.05, 0.1) is 18.8 Å². The molecule has 2 aliphatic rings. The molecule has 0 aromatic rings. The van der Waals surface area contributed by atoms with Crippen LogP contribution in [0.5, 0.6) is 0 Å². The van der Waals surface area contributed by atoms with Crippen LogP contribution in [0.1, 0.15) is 25.7 Å². The summed E-state index contributed by atoms with van der Waals surface area (Å²) < 4.78 is 11.3. The molecule has 1 aliphatic heterocycles. The maximum absolute atomic E-state index is 5.95. The molecule has 1 saturated carbocycles. The fraction of sp³-hybridized carbons (Fsp3) is 1.00. The Morgan fingerprint density at radius 3 is 2.86 bits per heavy atom. The number of hydrogen-bond acceptors (Lipinski definition) is 3. The zero-order valence-electron chi connectivity index (χ0n) is 9.00. The van der Waals surface area contributed by atoms with Gasteiger partial charge >= 0.3 is 0 Å². The fourth-order valence-electron chi connectivity index (χ4n) is 2.33. The Kier molecular flexibility index (Phi) is 3.79. The summed E-state index contributed by atoms with van der Waals surface area (Å²) in [6.07, 6.45) is 5.71. The van der Waals surface area contributed by atoms with Crippen LogP contribution in [0.15, 0.2) is 0 Å². The van der Waals surface area contributed by atoms with Crippen LogP contribution in [0.4, 0.5) is 0 Å². The van der Waals surface area contributed by atoms with Crippen LogP contribution < -0.4 is 5.32 Å². The summed E-state index contributed by atoms with van der Waals surface area (Å²) in [5, 5.41) is 3.21. The quantitative estimate of drug-likeness (QED) is 0.737.